The zero-order valence-corrected chi connectivity index (χ0v) is 8.57. The molecule has 0 aromatic rings. The van der Waals surface area contributed by atoms with E-state index in [0.29, 0.717) is 0 Å². The van der Waals surface area contributed by atoms with Gasteiger partial charge in [-0.3, -0.25) is 9.59 Å². The van der Waals surface area contributed by atoms with Gasteiger partial charge in [0.1, 0.15) is 6.54 Å². The van der Waals surface area contributed by atoms with Crippen molar-refractivity contribution in [2.24, 2.45) is 0 Å². The van der Waals surface area contributed by atoms with E-state index >= 15 is 0 Å². The molecule has 4 heteroatoms. The van der Waals surface area contributed by atoms with E-state index in [4.69, 9.17) is 5.11 Å². The quantitative estimate of drug-likeness (QED) is 0.674. The van der Waals surface area contributed by atoms with Crippen LogP contribution in [0, 0.1) is 0 Å². The highest BCUT2D eigenvalue weighted by Gasteiger charge is 2.07. The van der Waals surface area contributed by atoms with Crippen molar-refractivity contribution in [3.8, 4) is 0 Å². The van der Waals surface area contributed by atoms with E-state index in [1.807, 2.05) is 13.8 Å². The summed E-state index contributed by atoms with van der Waals surface area (Å²) in [4.78, 5) is 22.1. The molecule has 0 aromatic heterocycles. The number of aliphatic carboxylic acids is 1. The van der Waals surface area contributed by atoms with Gasteiger partial charge in [-0.2, -0.15) is 0 Å². The molecule has 0 rings (SSSR count). The monoisotopic (exact) mass is 187 g/mol. The molecule has 0 spiro atoms. The predicted octanol–water partition coefficient (Wildman–Crippen LogP) is 1.13. The van der Waals surface area contributed by atoms with Crippen molar-refractivity contribution in [3.63, 3.8) is 0 Å². The number of hydrogen-bond donors (Lipinski definition) is 1. The van der Waals surface area contributed by atoms with Crippen molar-refractivity contribution in [2.45, 2.75) is 20.8 Å². The van der Waals surface area contributed by atoms with Gasteiger partial charge in [0.25, 0.3) is 0 Å². The van der Waals surface area contributed by atoms with Crippen molar-refractivity contribution < 1.29 is 14.7 Å². The van der Waals surface area contributed by atoms with Gasteiger partial charge in [-0.15, -0.1) is 0 Å². The molecule has 0 radical (unpaired) electrons. The van der Waals surface area contributed by atoms with E-state index in [2.05, 4.69) is 0 Å². The number of carbonyl (C=O) groups excluding carboxylic acids is 1. The third-order valence-electron chi connectivity index (χ3n) is 1.06. The average molecular weight is 187 g/mol. The summed E-state index contributed by atoms with van der Waals surface area (Å²) in [5.41, 5.74) is 0. The Morgan fingerprint density at radius 3 is 2.15 bits per heavy atom. The molecule has 1 amide bonds. The number of amides is 1. The van der Waals surface area contributed by atoms with Gasteiger partial charge < -0.3 is 10.0 Å². The molecule has 0 bridgehead atoms. The SMILES string of the molecule is C/C=C/C(=O)N(C)CC(=O)O.CC. The second-order valence-corrected chi connectivity index (χ2v) is 2.09. The number of nitrogens with zero attached hydrogens (tertiary/aromatic N) is 1. The third-order valence-corrected chi connectivity index (χ3v) is 1.06. The molecular weight excluding hydrogens is 170 g/mol. The van der Waals surface area contributed by atoms with E-state index < -0.39 is 5.97 Å². The molecule has 0 fully saturated rings. The molecule has 0 aliphatic heterocycles. The lowest BCUT2D eigenvalue weighted by Crippen LogP contribution is -2.30. The Morgan fingerprint density at radius 2 is 1.85 bits per heavy atom. The molecule has 0 unspecified atom stereocenters. The van der Waals surface area contributed by atoms with Crippen LogP contribution in [0.4, 0.5) is 0 Å². The fraction of sp³-hybridized carbons (Fsp3) is 0.556. The first-order valence-electron chi connectivity index (χ1n) is 4.17. The molecule has 0 aliphatic carbocycles. The van der Waals surface area contributed by atoms with E-state index in [9.17, 15) is 9.59 Å². The first kappa shape index (κ1) is 14.2. The Morgan fingerprint density at radius 1 is 1.38 bits per heavy atom. The first-order valence-corrected chi connectivity index (χ1v) is 4.17. The Labute approximate surface area is 78.9 Å². The van der Waals surface area contributed by atoms with Crippen LogP contribution in [0.1, 0.15) is 20.8 Å². The normalized spacial score (nSPS) is 8.92. The van der Waals surface area contributed by atoms with Gasteiger partial charge in [0.15, 0.2) is 0 Å². The standard InChI is InChI=1S/C7H11NO3.C2H6/c1-3-4-6(9)8(2)5-7(10)11;1-2/h3-4H,5H2,1-2H3,(H,10,11);1-2H3/b4-3+;. The fourth-order valence-corrected chi connectivity index (χ4v) is 0.551. The molecule has 0 heterocycles. The van der Waals surface area contributed by atoms with Crippen LogP contribution in [0.2, 0.25) is 0 Å². The summed E-state index contributed by atoms with van der Waals surface area (Å²) in [5.74, 6) is -1.31. The van der Waals surface area contributed by atoms with Crippen LogP contribution in [0.25, 0.3) is 0 Å². The van der Waals surface area contributed by atoms with E-state index in [-0.39, 0.29) is 12.5 Å². The lowest BCUT2D eigenvalue weighted by molar-refractivity contribution is -0.141. The summed E-state index contributed by atoms with van der Waals surface area (Å²) in [6.07, 6.45) is 2.89. The predicted molar refractivity (Wildman–Crippen MR) is 51.4 cm³/mol. The van der Waals surface area contributed by atoms with Crippen LogP contribution >= 0.6 is 0 Å². The zero-order valence-electron chi connectivity index (χ0n) is 8.57. The Bertz CT molecular complexity index is 187. The van der Waals surface area contributed by atoms with Crippen LogP contribution < -0.4 is 0 Å². The molecule has 4 nitrogen and oxygen atoms in total. The second kappa shape index (κ2) is 8.77. The van der Waals surface area contributed by atoms with Gasteiger partial charge in [0.05, 0.1) is 0 Å². The number of carbonyl (C=O) groups is 2. The molecule has 76 valence electrons. The van der Waals surface area contributed by atoms with Gasteiger partial charge in [-0.25, -0.2) is 0 Å². The molecule has 1 N–H and O–H groups in total. The minimum Gasteiger partial charge on any atom is -0.480 e. The summed E-state index contributed by atoms with van der Waals surface area (Å²) in [6, 6.07) is 0. The molecular formula is C9H17NO3. The fourth-order valence-electron chi connectivity index (χ4n) is 0.551. The molecule has 0 atom stereocenters. The van der Waals surface area contributed by atoms with Crippen molar-refractivity contribution in [1.29, 1.82) is 0 Å². The minimum absolute atomic E-state index is 0.261. The molecule has 13 heavy (non-hydrogen) atoms. The molecule has 0 aliphatic rings. The van der Waals surface area contributed by atoms with Crippen molar-refractivity contribution in [3.05, 3.63) is 12.2 Å². The lowest BCUT2D eigenvalue weighted by Gasteiger charge is -2.10. The average Bonchev–Trinajstić information content (AvgIpc) is 2.07. The maximum atomic E-state index is 10.9. The topological polar surface area (TPSA) is 57.6 Å². The highest BCUT2D eigenvalue weighted by Crippen LogP contribution is 1.85. The molecule has 0 saturated carbocycles. The number of carboxylic acid groups (broad SMARTS) is 1. The molecule has 0 aromatic carbocycles. The van der Waals surface area contributed by atoms with Gasteiger partial charge in [0, 0.05) is 7.05 Å². The van der Waals surface area contributed by atoms with Crippen LogP contribution in [-0.2, 0) is 9.59 Å². The van der Waals surface area contributed by atoms with Crippen molar-refractivity contribution in [1.82, 2.24) is 4.90 Å². The van der Waals surface area contributed by atoms with E-state index in [1.54, 1.807) is 13.0 Å². The van der Waals surface area contributed by atoms with Gasteiger partial charge in [0.2, 0.25) is 5.91 Å². The summed E-state index contributed by atoms with van der Waals surface area (Å²) in [6.45, 7) is 5.44. The maximum absolute atomic E-state index is 10.9. The number of likely N-dealkylation sites (N-methyl/N-ethyl adjacent to an activating group) is 1. The number of hydrogen-bond acceptors (Lipinski definition) is 2. The summed E-state index contributed by atoms with van der Waals surface area (Å²) >= 11 is 0. The first-order chi connectivity index (χ1) is 6.07. The van der Waals surface area contributed by atoms with Gasteiger partial charge in [-0.1, -0.05) is 19.9 Å². The maximum Gasteiger partial charge on any atom is 0.323 e. The summed E-state index contributed by atoms with van der Waals surface area (Å²) in [7, 11) is 1.44. The molecule has 0 saturated heterocycles. The highest BCUT2D eigenvalue weighted by atomic mass is 16.4. The summed E-state index contributed by atoms with van der Waals surface area (Å²) in [5, 5.41) is 8.28. The highest BCUT2D eigenvalue weighted by molar-refractivity contribution is 5.89. The Balaban J connectivity index is 0. The second-order valence-electron chi connectivity index (χ2n) is 2.09. The van der Waals surface area contributed by atoms with Gasteiger partial charge >= 0.3 is 5.97 Å². The Kier molecular flexibility index (Phi) is 9.60. The van der Waals surface area contributed by atoms with Crippen LogP contribution in [0.15, 0.2) is 12.2 Å². The lowest BCUT2D eigenvalue weighted by atomic mass is 10.4. The number of carboxylic acids is 1. The Hall–Kier alpha value is -1.32. The van der Waals surface area contributed by atoms with Crippen LogP contribution in [0.3, 0.4) is 0 Å². The van der Waals surface area contributed by atoms with Crippen molar-refractivity contribution in [2.75, 3.05) is 13.6 Å². The van der Waals surface area contributed by atoms with Crippen LogP contribution in [-0.4, -0.2) is 35.5 Å². The third kappa shape index (κ3) is 8.59. The number of rotatable bonds is 3. The van der Waals surface area contributed by atoms with Crippen molar-refractivity contribution >= 4 is 11.9 Å². The largest absolute Gasteiger partial charge is 0.480 e. The van der Waals surface area contributed by atoms with Crippen LogP contribution in [0.5, 0.6) is 0 Å². The van der Waals surface area contributed by atoms with E-state index in [1.165, 1.54) is 13.1 Å². The van der Waals surface area contributed by atoms with E-state index in [0.717, 1.165) is 4.90 Å². The zero-order chi connectivity index (χ0) is 10.9. The smallest absolute Gasteiger partial charge is 0.323 e. The summed E-state index contributed by atoms with van der Waals surface area (Å²) < 4.78 is 0. The number of allylic oxidation sites excluding steroid dienone is 1. The van der Waals surface area contributed by atoms with Gasteiger partial charge in [-0.05, 0) is 13.0 Å². The minimum atomic E-state index is -1.01.